The summed E-state index contributed by atoms with van der Waals surface area (Å²) in [4.78, 5) is 2.27. The van der Waals surface area contributed by atoms with Crippen LogP contribution in [-0.2, 0) is 15.8 Å². The van der Waals surface area contributed by atoms with Crippen LogP contribution < -0.4 is 4.90 Å². The van der Waals surface area contributed by atoms with E-state index in [9.17, 15) is 8.42 Å². The first kappa shape index (κ1) is 18.2. The fourth-order valence-electron chi connectivity index (χ4n) is 3.21. The number of aryl methyl sites for hydroxylation is 1. The smallest absolute Gasteiger partial charge is 0.218 e. The number of anilines is 1. The van der Waals surface area contributed by atoms with Gasteiger partial charge in [0, 0.05) is 36.9 Å². The number of halogens is 1. The summed E-state index contributed by atoms with van der Waals surface area (Å²) in [6.45, 7) is 6.65. The molecule has 6 heteroatoms. The summed E-state index contributed by atoms with van der Waals surface area (Å²) in [7, 11) is -3.33. The number of piperazine rings is 1. The average molecular weight is 379 g/mol. The van der Waals surface area contributed by atoms with Crippen molar-refractivity contribution < 1.29 is 8.42 Å². The van der Waals surface area contributed by atoms with E-state index >= 15 is 0 Å². The number of hydrogen-bond donors (Lipinski definition) is 0. The molecule has 0 bridgehead atoms. The van der Waals surface area contributed by atoms with Crippen LogP contribution >= 0.6 is 11.6 Å². The van der Waals surface area contributed by atoms with E-state index in [2.05, 4.69) is 36.9 Å². The fraction of sp³-hybridized carbons (Fsp3) is 0.368. The number of nitrogens with zero attached hydrogens (tertiary/aromatic N) is 2. The van der Waals surface area contributed by atoms with Crippen molar-refractivity contribution in [1.82, 2.24) is 4.31 Å². The Balaban J connectivity index is 1.68. The zero-order chi connectivity index (χ0) is 18.0. The Morgan fingerprint density at radius 2 is 1.68 bits per heavy atom. The standard InChI is InChI=1S/C19H23ClN2O2S/c1-15-5-3-8-19(16(15)2)21-9-11-22(12-10-21)25(23,24)14-17-6-4-7-18(20)13-17/h3-8,13H,9-12,14H2,1-2H3. The zero-order valence-electron chi connectivity index (χ0n) is 14.6. The lowest BCUT2D eigenvalue weighted by atomic mass is 10.1. The summed E-state index contributed by atoms with van der Waals surface area (Å²) in [5, 5.41) is 0.562. The average Bonchev–Trinajstić information content (AvgIpc) is 2.57. The Kier molecular flexibility index (Phi) is 5.37. The van der Waals surface area contributed by atoms with Gasteiger partial charge in [-0.05, 0) is 48.7 Å². The summed E-state index contributed by atoms with van der Waals surface area (Å²) in [5.41, 5.74) is 4.45. The lowest BCUT2D eigenvalue weighted by Gasteiger charge is -2.36. The van der Waals surface area contributed by atoms with Gasteiger partial charge in [0.2, 0.25) is 10.0 Å². The molecule has 134 valence electrons. The molecule has 2 aromatic rings. The van der Waals surface area contributed by atoms with Crippen LogP contribution in [0.25, 0.3) is 0 Å². The molecule has 0 spiro atoms. The first-order valence-electron chi connectivity index (χ1n) is 8.40. The molecule has 0 aromatic heterocycles. The predicted molar refractivity (Wildman–Crippen MR) is 104 cm³/mol. The number of benzene rings is 2. The van der Waals surface area contributed by atoms with Crippen molar-refractivity contribution in [2.24, 2.45) is 0 Å². The molecule has 1 saturated heterocycles. The SMILES string of the molecule is Cc1cccc(N2CCN(S(=O)(=O)Cc3cccc(Cl)c3)CC2)c1C. The highest BCUT2D eigenvalue weighted by molar-refractivity contribution is 7.88. The van der Waals surface area contributed by atoms with Gasteiger partial charge in [0.25, 0.3) is 0 Å². The van der Waals surface area contributed by atoms with Crippen LogP contribution in [0, 0.1) is 13.8 Å². The van der Waals surface area contributed by atoms with Gasteiger partial charge in [0.05, 0.1) is 5.75 Å². The first-order valence-corrected chi connectivity index (χ1v) is 10.4. The summed E-state index contributed by atoms with van der Waals surface area (Å²) in [5.74, 6) is -0.00294. The van der Waals surface area contributed by atoms with Crippen LogP contribution in [0.5, 0.6) is 0 Å². The maximum Gasteiger partial charge on any atom is 0.218 e. The van der Waals surface area contributed by atoms with Crippen molar-refractivity contribution in [2.75, 3.05) is 31.1 Å². The van der Waals surface area contributed by atoms with Gasteiger partial charge in [-0.1, -0.05) is 35.9 Å². The topological polar surface area (TPSA) is 40.6 Å². The van der Waals surface area contributed by atoms with Crippen molar-refractivity contribution in [3.63, 3.8) is 0 Å². The van der Waals surface area contributed by atoms with Crippen LogP contribution in [0.1, 0.15) is 16.7 Å². The quantitative estimate of drug-likeness (QED) is 0.816. The minimum absolute atomic E-state index is 0.00294. The predicted octanol–water partition coefficient (Wildman–Crippen LogP) is 3.61. The largest absolute Gasteiger partial charge is 0.369 e. The number of sulfonamides is 1. The highest BCUT2D eigenvalue weighted by Gasteiger charge is 2.27. The van der Waals surface area contributed by atoms with Gasteiger partial charge < -0.3 is 4.90 Å². The van der Waals surface area contributed by atoms with Crippen LogP contribution in [0.3, 0.4) is 0 Å². The van der Waals surface area contributed by atoms with Gasteiger partial charge in [-0.2, -0.15) is 4.31 Å². The Labute approximate surface area is 155 Å². The molecule has 4 nitrogen and oxygen atoms in total. The second kappa shape index (κ2) is 7.36. The van der Waals surface area contributed by atoms with E-state index in [1.54, 1.807) is 28.6 Å². The van der Waals surface area contributed by atoms with E-state index in [1.807, 2.05) is 0 Å². The maximum absolute atomic E-state index is 12.7. The third kappa shape index (κ3) is 4.17. The molecule has 0 radical (unpaired) electrons. The van der Waals surface area contributed by atoms with Crippen molar-refractivity contribution in [2.45, 2.75) is 19.6 Å². The van der Waals surface area contributed by atoms with Crippen LogP contribution in [0.4, 0.5) is 5.69 Å². The third-order valence-electron chi connectivity index (χ3n) is 4.79. The molecule has 0 unspecified atom stereocenters. The maximum atomic E-state index is 12.7. The molecule has 0 N–H and O–H groups in total. The van der Waals surface area contributed by atoms with Crippen molar-refractivity contribution in [3.8, 4) is 0 Å². The van der Waals surface area contributed by atoms with E-state index in [1.165, 1.54) is 16.8 Å². The highest BCUT2D eigenvalue weighted by atomic mass is 35.5. The minimum Gasteiger partial charge on any atom is -0.369 e. The molecule has 2 aromatic carbocycles. The Bertz CT molecular complexity index is 859. The van der Waals surface area contributed by atoms with E-state index in [0.717, 1.165) is 5.56 Å². The minimum atomic E-state index is -3.33. The second-order valence-electron chi connectivity index (χ2n) is 6.49. The third-order valence-corrected chi connectivity index (χ3v) is 6.87. The van der Waals surface area contributed by atoms with Gasteiger partial charge in [-0.25, -0.2) is 8.42 Å². The Hall–Kier alpha value is -1.56. The molecular weight excluding hydrogens is 356 g/mol. The van der Waals surface area contributed by atoms with Crippen molar-refractivity contribution >= 4 is 27.3 Å². The number of hydrogen-bond acceptors (Lipinski definition) is 3. The lowest BCUT2D eigenvalue weighted by Crippen LogP contribution is -2.49. The molecule has 1 aliphatic heterocycles. The molecule has 25 heavy (non-hydrogen) atoms. The van der Waals surface area contributed by atoms with Gasteiger partial charge in [-0.3, -0.25) is 0 Å². The molecule has 0 amide bonds. The van der Waals surface area contributed by atoms with Crippen LogP contribution in [0.2, 0.25) is 5.02 Å². The van der Waals surface area contributed by atoms with E-state index < -0.39 is 10.0 Å². The molecule has 3 rings (SSSR count). The number of rotatable bonds is 4. The Morgan fingerprint density at radius 3 is 2.36 bits per heavy atom. The molecule has 1 fully saturated rings. The normalized spacial score (nSPS) is 16.2. The van der Waals surface area contributed by atoms with Crippen LogP contribution in [0.15, 0.2) is 42.5 Å². The fourth-order valence-corrected chi connectivity index (χ4v) is 4.93. The summed E-state index contributed by atoms with van der Waals surface area (Å²) < 4.78 is 27.0. The van der Waals surface area contributed by atoms with E-state index in [-0.39, 0.29) is 5.75 Å². The molecular formula is C19H23ClN2O2S. The second-order valence-corrected chi connectivity index (χ2v) is 8.90. The molecule has 0 atom stereocenters. The summed E-state index contributed by atoms with van der Waals surface area (Å²) in [6, 6.07) is 13.3. The first-order chi connectivity index (χ1) is 11.9. The molecule has 1 aliphatic rings. The van der Waals surface area contributed by atoms with Crippen molar-refractivity contribution in [1.29, 1.82) is 0 Å². The van der Waals surface area contributed by atoms with Crippen molar-refractivity contribution in [3.05, 3.63) is 64.2 Å². The van der Waals surface area contributed by atoms with Gasteiger partial charge >= 0.3 is 0 Å². The summed E-state index contributed by atoms with van der Waals surface area (Å²) in [6.07, 6.45) is 0. The molecule has 0 saturated carbocycles. The van der Waals surface area contributed by atoms with Crippen LogP contribution in [-0.4, -0.2) is 38.9 Å². The molecule has 1 heterocycles. The zero-order valence-corrected chi connectivity index (χ0v) is 16.1. The van der Waals surface area contributed by atoms with Gasteiger partial charge in [-0.15, -0.1) is 0 Å². The summed E-state index contributed by atoms with van der Waals surface area (Å²) >= 11 is 5.96. The lowest BCUT2D eigenvalue weighted by molar-refractivity contribution is 0.384. The highest BCUT2D eigenvalue weighted by Crippen LogP contribution is 2.25. The monoisotopic (exact) mass is 378 g/mol. The van der Waals surface area contributed by atoms with Gasteiger partial charge in [0.1, 0.15) is 0 Å². The van der Waals surface area contributed by atoms with E-state index in [4.69, 9.17) is 11.6 Å². The Morgan fingerprint density at radius 1 is 1.00 bits per heavy atom. The van der Waals surface area contributed by atoms with Gasteiger partial charge in [0.15, 0.2) is 0 Å². The van der Waals surface area contributed by atoms with E-state index in [0.29, 0.717) is 31.2 Å². The molecule has 0 aliphatic carbocycles.